The standard InChI is InChI=1S/C16H29NSi/c1-13-10-14(2)16(12-17(3)4)15(11-13)8-9-18(5,6)7/h10-11H,8-9,12H2,1-7H3. The third kappa shape index (κ3) is 4.95. The van der Waals surface area contributed by atoms with Crippen LogP contribution in [-0.2, 0) is 13.0 Å². The summed E-state index contributed by atoms with van der Waals surface area (Å²) in [5.41, 5.74) is 5.97. The van der Waals surface area contributed by atoms with E-state index in [1.165, 1.54) is 23.6 Å². The van der Waals surface area contributed by atoms with Gasteiger partial charge in [-0.1, -0.05) is 43.4 Å². The Labute approximate surface area is 114 Å². The van der Waals surface area contributed by atoms with Gasteiger partial charge in [0, 0.05) is 14.6 Å². The van der Waals surface area contributed by atoms with E-state index in [9.17, 15) is 0 Å². The number of hydrogen-bond acceptors (Lipinski definition) is 1. The van der Waals surface area contributed by atoms with Crippen LogP contribution in [0.5, 0.6) is 0 Å². The van der Waals surface area contributed by atoms with Crippen LogP contribution in [0.2, 0.25) is 25.7 Å². The van der Waals surface area contributed by atoms with Gasteiger partial charge in [-0.25, -0.2) is 0 Å². The van der Waals surface area contributed by atoms with Crippen LogP contribution in [0.1, 0.15) is 22.3 Å². The van der Waals surface area contributed by atoms with Crippen molar-refractivity contribution >= 4 is 8.07 Å². The maximum absolute atomic E-state index is 2.46. The van der Waals surface area contributed by atoms with Gasteiger partial charge in [-0.2, -0.15) is 0 Å². The first-order valence-corrected chi connectivity index (χ1v) is 10.6. The molecular weight excluding hydrogens is 234 g/mol. The zero-order valence-electron chi connectivity index (χ0n) is 13.2. The smallest absolute Gasteiger partial charge is 0.0445 e. The summed E-state index contributed by atoms with van der Waals surface area (Å²) in [5, 5.41) is 0. The Balaban J connectivity index is 3.00. The van der Waals surface area contributed by atoms with E-state index in [1.807, 2.05) is 0 Å². The van der Waals surface area contributed by atoms with Crippen LogP contribution in [0, 0.1) is 13.8 Å². The third-order valence-corrected chi connectivity index (χ3v) is 5.08. The van der Waals surface area contributed by atoms with Gasteiger partial charge in [0.2, 0.25) is 0 Å². The van der Waals surface area contributed by atoms with Crippen LogP contribution in [0.25, 0.3) is 0 Å². The Kier molecular flexibility index (Phi) is 5.17. The molecule has 0 N–H and O–H groups in total. The fourth-order valence-corrected chi connectivity index (χ4v) is 3.38. The fourth-order valence-electron chi connectivity index (χ4n) is 2.36. The van der Waals surface area contributed by atoms with Crippen molar-refractivity contribution in [3.8, 4) is 0 Å². The molecule has 1 aromatic carbocycles. The topological polar surface area (TPSA) is 3.24 Å². The van der Waals surface area contributed by atoms with Gasteiger partial charge >= 0.3 is 0 Å². The van der Waals surface area contributed by atoms with Crippen LogP contribution in [0.15, 0.2) is 12.1 Å². The number of hydrogen-bond donors (Lipinski definition) is 0. The highest BCUT2D eigenvalue weighted by atomic mass is 28.3. The quantitative estimate of drug-likeness (QED) is 0.718. The van der Waals surface area contributed by atoms with E-state index < -0.39 is 8.07 Å². The van der Waals surface area contributed by atoms with Gasteiger partial charge in [0.1, 0.15) is 0 Å². The summed E-state index contributed by atoms with van der Waals surface area (Å²) in [6.45, 7) is 12.9. The van der Waals surface area contributed by atoms with Crippen molar-refractivity contribution in [2.45, 2.75) is 52.5 Å². The van der Waals surface area contributed by atoms with Crippen molar-refractivity contribution in [2.75, 3.05) is 14.1 Å². The highest BCUT2D eigenvalue weighted by molar-refractivity contribution is 6.76. The lowest BCUT2D eigenvalue weighted by Gasteiger charge is -2.21. The third-order valence-electron chi connectivity index (χ3n) is 3.33. The van der Waals surface area contributed by atoms with E-state index in [-0.39, 0.29) is 0 Å². The minimum atomic E-state index is -0.951. The van der Waals surface area contributed by atoms with Gasteiger partial charge in [0.05, 0.1) is 0 Å². The molecule has 0 fully saturated rings. The lowest BCUT2D eigenvalue weighted by atomic mass is 9.97. The maximum atomic E-state index is 2.46. The molecule has 0 aliphatic carbocycles. The van der Waals surface area contributed by atoms with Gasteiger partial charge in [0.25, 0.3) is 0 Å². The lowest BCUT2D eigenvalue weighted by Crippen LogP contribution is -2.21. The molecule has 0 radical (unpaired) electrons. The molecule has 102 valence electrons. The van der Waals surface area contributed by atoms with E-state index in [4.69, 9.17) is 0 Å². The Hall–Kier alpha value is -0.603. The average Bonchev–Trinajstić information content (AvgIpc) is 2.17. The first kappa shape index (κ1) is 15.5. The number of aryl methyl sites for hydroxylation is 3. The molecule has 0 heterocycles. The van der Waals surface area contributed by atoms with Gasteiger partial charge in [-0.05, 0) is 51.1 Å². The Morgan fingerprint density at radius 3 is 2.17 bits per heavy atom. The maximum Gasteiger partial charge on any atom is 0.0445 e. The van der Waals surface area contributed by atoms with Crippen LogP contribution in [-0.4, -0.2) is 27.1 Å². The van der Waals surface area contributed by atoms with Crippen LogP contribution < -0.4 is 0 Å². The zero-order chi connectivity index (χ0) is 13.9. The monoisotopic (exact) mass is 263 g/mol. The van der Waals surface area contributed by atoms with Crippen LogP contribution in [0.4, 0.5) is 0 Å². The first-order valence-electron chi connectivity index (χ1n) is 6.93. The van der Waals surface area contributed by atoms with Gasteiger partial charge < -0.3 is 4.90 Å². The van der Waals surface area contributed by atoms with Crippen molar-refractivity contribution in [3.63, 3.8) is 0 Å². The molecule has 0 amide bonds. The summed E-state index contributed by atoms with van der Waals surface area (Å²) < 4.78 is 0. The largest absolute Gasteiger partial charge is 0.305 e. The summed E-state index contributed by atoms with van der Waals surface area (Å²) in [6.07, 6.45) is 1.25. The highest BCUT2D eigenvalue weighted by Gasteiger charge is 2.15. The second-order valence-corrected chi connectivity index (χ2v) is 12.6. The molecule has 18 heavy (non-hydrogen) atoms. The minimum absolute atomic E-state index is 0.951. The Morgan fingerprint density at radius 1 is 1.06 bits per heavy atom. The minimum Gasteiger partial charge on any atom is -0.305 e. The molecule has 1 aromatic rings. The molecule has 0 aromatic heterocycles. The van der Waals surface area contributed by atoms with E-state index in [0.717, 1.165) is 6.54 Å². The average molecular weight is 264 g/mol. The Bertz CT molecular complexity index is 402. The van der Waals surface area contributed by atoms with E-state index >= 15 is 0 Å². The number of nitrogens with zero attached hydrogens (tertiary/aromatic N) is 1. The number of rotatable bonds is 5. The molecule has 2 heteroatoms. The molecule has 1 rings (SSSR count). The summed E-state index contributed by atoms with van der Waals surface area (Å²) >= 11 is 0. The van der Waals surface area contributed by atoms with Gasteiger partial charge in [-0.3, -0.25) is 0 Å². The predicted octanol–water partition coefficient (Wildman–Crippen LogP) is 4.25. The SMILES string of the molecule is Cc1cc(C)c(CN(C)C)c(CC[Si](C)(C)C)c1. The summed E-state index contributed by atoms with van der Waals surface area (Å²) in [6, 6.07) is 6.10. The molecule has 0 aliphatic rings. The van der Waals surface area contributed by atoms with Gasteiger partial charge in [-0.15, -0.1) is 0 Å². The molecular formula is C16H29NSi. The van der Waals surface area contributed by atoms with Crippen molar-refractivity contribution < 1.29 is 0 Å². The van der Waals surface area contributed by atoms with Crippen molar-refractivity contribution in [3.05, 3.63) is 34.4 Å². The van der Waals surface area contributed by atoms with Crippen molar-refractivity contribution in [1.82, 2.24) is 4.90 Å². The second-order valence-electron chi connectivity index (χ2n) is 7.02. The van der Waals surface area contributed by atoms with E-state index in [0.29, 0.717) is 0 Å². The highest BCUT2D eigenvalue weighted by Crippen LogP contribution is 2.22. The summed E-state index contributed by atoms with van der Waals surface area (Å²) in [7, 11) is 3.36. The molecule has 0 spiro atoms. The van der Waals surface area contributed by atoms with E-state index in [2.05, 4.69) is 64.6 Å². The summed E-state index contributed by atoms with van der Waals surface area (Å²) in [4.78, 5) is 2.27. The lowest BCUT2D eigenvalue weighted by molar-refractivity contribution is 0.400. The van der Waals surface area contributed by atoms with Gasteiger partial charge in [0.15, 0.2) is 0 Å². The molecule has 0 atom stereocenters. The second kappa shape index (κ2) is 6.03. The molecule has 0 saturated carbocycles. The van der Waals surface area contributed by atoms with E-state index in [1.54, 1.807) is 11.1 Å². The summed E-state index contributed by atoms with van der Waals surface area (Å²) in [5.74, 6) is 0. The van der Waals surface area contributed by atoms with Crippen molar-refractivity contribution in [1.29, 1.82) is 0 Å². The first-order chi connectivity index (χ1) is 8.19. The Morgan fingerprint density at radius 2 is 1.67 bits per heavy atom. The molecule has 1 nitrogen and oxygen atoms in total. The molecule has 0 bridgehead atoms. The normalized spacial score (nSPS) is 12.2. The number of benzene rings is 1. The predicted molar refractivity (Wildman–Crippen MR) is 85.2 cm³/mol. The van der Waals surface area contributed by atoms with Crippen LogP contribution >= 0.6 is 0 Å². The fraction of sp³-hybridized carbons (Fsp3) is 0.625. The molecule has 0 aliphatic heterocycles. The molecule has 0 unspecified atom stereocenters. The van der Waals surface area contributed by atoms with Crippen LogP contribution in [0.3, 0.4) is 0 Å². The van der Waals surface area contributed by atoms with Crippen molar-refractivity contribution in [2.24, 2.45) is 0 Å². The molecule has 0 saturated heterocycles. The zero-order valence-corrected chi connectivity index (χ0v) is 14.2.